The van der Waals surface area contributed by atoms with E-state index in [9.17, 15) is 4.79 Å². The Bertz CT molecular complexity index is 1180. The minimum absolute atomic E-state index is 0.232. The Balaban J connectivity index is 1.83. The van der Waals surface area contributed by atoms with E-state index in [1.807, 2.05) is 74.5 Å². The van der Waals surface area contributed by atoms with Crippen molar-refractivity contribution in [2.45, 2.75) is 13.8 Å². The highest BCUT2D eigenvalue weighted by Gasteiger charge is 2.16. The molecule has 4 rings (SSSR count). The van der Waals surface area contributed by atoms with Crippen molar-refractivity contribution in [2.75, 3.05) is 5.32 Å². The van der Waals surface area contributed by atoms with Gasteiger partial charge in [-0.05, 0) is 49.7 Å². The second-order valence-electron chi connectivity index (χ2n) is 6.68. The normalized spacial score (nSPS) is 10.8. The summed E-state index contributed by atoms with van der Waals surface area (Å²) in [7, 11) is 0. The molecule has 0 aliphatic heterocycles. The van der Waals surface area contributed by atoms with Gasteiger partial charge in [-0.3, -0.25) is 4.79 Å². The molecule has 1 amide bonds. The van der Waals surface area contributed by atoms with Crippen LogP contribution in [0.15, 0.2) is 66.7 Å². The number of aromatic nitrogens is 2. The number of nitrogens with one attached hydrogen (secondary N) is 1. The summed E-state index contributed by atoms with van der Waals surface area (Å²) in [4.78, 5) is 22.2. The number of pyridine rings is 2. The number of carbonyl (C=O) groups excluding carboxylic acids is 1. The molecule has 28 heavy (non-hydrogen) atoms. The minimum Gasteiger partial charge on any atom is -0.307 e. The van der Waals surface area contributed by atoms with Crippen LogP contribution in [-0.4, -0.2) is 15.9 Å². The van der Waals surface area contributed by atoms with Gasteiger partial charge in [0.25, 0.3) is 5.91 Å². The maximum Gasteiger partial charge on any atom is 0.257 e. The third-order valence-corrected chi connectivity index (χ3v) is 4.78. The molecule has 0 unspecified atom stereocenters. The molecule has 5 heteroatoms. The predicted molar refractivity (Wildman–Crippen MR) is 114 cm³/mol. The van der Waals surface area contributed by atoms with Crippen LogP contribution in [0.3, 0.4) is 0 Å². The number of nitrogens with zero attached hydrogens (tertiary/aromatic N) is 2. The number of hydrogen-bond donors (Lipinski definition) is 1. The summed E-state index contributed by atoms with van der Waals surface area (Å²) in [6, 6.07) is 20.6. The van der Waals surface area contributed by atoms with Crippen LogP contribution in [0.2, 0.25) is 5.02 Å². The Hall–Kier alpha value is -3.24. The van der Waals surface area contributed by atoms with Gasteiger partial charge in [0.15, 0.2) is 0 Å². The molecule has 0 bridgehead atoms. The first-order valence-corrected chi connectivity index (χ1v) is 9.30. The quantitative estimate of drug-likeness (QED) is 0.482. The van der Waals surface area contributed by atoms with Gasteiger partial charge in [-0.2, -0.15) is 0 Å². The number of carbonyl (C=O) groups is 1. The second-order valence-corrected chi connectivity index (χ2v) is 7.08. The minimum atomic E-state index is -0.232. The van der Waals surface area contributed by atoms with Crippen LogP contribution in [0.5, 0.6) is 0 Å². The van der Waals surface area contributed by atoms with E-state index in [1.165, 1.54) is 0 Å². The zero-order valence-corrected chi connectivity index (χ0v) is 16.3. The van der Waals surface area contributed by atoms with Crippen LogP contribution in [-0.2, 0) is 0 Å². The highest BCUT2D eigenvalue weighted by molar-refractivity contribution is 6.33. The fraction of sp³-hybridized carbons (Fsp3) is 0.0870. The van der Waals surface area contributed by atoms with Crippen molar-refractivity contribution < 1.29 is 4.79 Å². The van der Waals surface area contributed by atoms with Crippen molar-refractivity contribution in [3.8, 4) is 11.3 Å². The van der Waals surface area contributed by atoms with Crippen molar-refractivity contribution in [2.24, 2.45) is 0 Å². The molecule has 0 aliphatic carbocycles. The first kappa shape index (κ1) is 18.1. The summed E-state index contributed by atoms with van der Waals surface area (Å²) >= 11 is 6.36. The van der Waals surface area contributed by atoms with Gasteiger partial charge in [-0.1, -0.05) is 48.0 Å². The number of rotatable bonds is 3. The molecule has 4 nitrogen and oxygen atoms in total. The molecule has 4 aromatic rings. The number of aryl methyl sites for hydroxylation is 2. The first-order valence-electron chi connectivity index (χ1n) is 8.92. The molecule has 0 aliphatic rings. The largest absolute Gasteiger partial charge is 0.307 e. The van der Waals surface area contributed by atoms with E-state index >= 15 is 0 Å². The molecule has 0 atom stereocenters. The average molecular weight is 388 g/mol. The van der Waals surface area contributed by atoms with Gasteiger partial charge in [0.2, 0.25) is 0 Å². The van der Waals surface area contributed by atoms with Gasteiger partial charge < -0.3 is 5.32 Å². The molecule has 0 radical (unpaired) electrons. The smallest absolute Gasteiger partial charge is 0.257 e. The van der Waals surface area contributed by atoms with Gasteiger partial charge in [-0.25, -0.2) is 9.97 Å². The predicted octanol–water partition coefficient (Wildman–Crippen LogP) is 5.82. The standard InChI is InChI=1S/C23H18ClN3O/c1-14-11-15(2)25-22(12-14)27-23(28)18-13-21(17-8-3-5-9-19(17)24)26-20-10-6-4-7-16(18)20/h3-13H,1-2H3,(H,25,27,28). The topological polar surface area (TPSA) is 54.9 Å². The van der Waals surface area contributed by atoms with Crippen LogP contribution in [0, 0.1) is 13.8 Å². The third kappa shape index (κ3) is 3.59. The van der Waals surface area contributed by atoms with E-state index < -0.39 is 0 Å². The van der Waals surface area contributed by atoms with Gasteiger partial charge in [0.1, 0.15) is 5.82 Å². The number of anilines is 1. The fourth-order valence-corrected chi connectivity index (χ4v) is 3.49. The van der Waals surface area contributed by atoms with Crippen LogP contribution in [0.25, 0.3) is 22.2 Å². The van der Waals surface area contributed by atoms with E-state index in [4.69, 9.17) is 16.6 Å². The zero-order chi connectivity index (χ0) is 19.7. The van der Waals surface area contributed by atoms with Crippen LogP contribution >= 0.6 is 11.6 Å². The highest BCUT2D eigenvalue weighted by atomic mass is 35.5. The molecular weight excluding hydrogens is 370 g/mol. The molecule has 2 aromatic carbocycles. The molecule has 0 saturated heterocycles. The number of amides is 1. The lowest BCUT2D eigenvalue weighted by Crippen LogP contribution is -2.14. The third-order valence-electron chi connectivity index (χ3n) is 4.45. The fourth-order valence-electron chi connectivity index (χ4n) is 3.26. The molecular formula is C23H18ClN3O. The van der Waals surface area contributed by atoms with Crippen molar-refractivity contribution in [3.05, 3.63) is 88.6 Å². The Labute approximate surface area is 168 Å². The molecule has 2 aromatic heterocycles. The Morgan fingerprint density at radius 2 is 1.68 bits per heavy atom. The number of para-hydroxylation sites is 1. The Kier molecular flexibility index (Phi) is 4.80. The molecule has 0 spiro atoms. The highest BCUT2D eigenvalue weighted by Crippen LogP contribution is 2.30. The molecule has 2 heterocycles. The molecule has 138 valence electrons. The van der Waals surface area contributed by atoms with Gasteiger partial charge in [-0.15, -0.1) is 0 Å². The lowest BCUT2D eigenvalue weighted by atomic mass is 10.0. The van der Waals surface area contributed by atoms with Crippen LogP contribution in [0.1, 0.15) is 21.6 Å². The van der Waals surface area contributed by atoms with Crippen LogP contribution < -0.4 is 5.32 Å². The Morgan fingerprint density at radius 1 is 0.929 bits per heavy atom. The van der Waals surface area contributed by atoms with E-state index in [-0.39, 0.29) is 5.91 Å². The summed E-state index contributed by atoms with van der Waals surface area (Å²) in [5.41, 5.74) is 4.60. The van der Waals surface area contributed by atoms with Crippen LogP contribution in [0.4, 0.5) is 5.82 Å². The first-order chi connectivity index (χ1) is 13.5. The molecule has 1 N–H and O–H groups in total. The molecule has 0 fully saturated rings. The van der Waals surface area contributed by atoms with Crippen molar-refractivity contribution in [3.63, 3.8) is 0 Å². The number of benzene rings is 2. The Morgan fingerprint density at radius 3 is 2.46 bits per heavy atom. The summed E-state index contributed by atoms with van der Waals surface area (Å²) in [6.07, 6.45) is 0. The van der Waals surface area contributed by atoms with Crippen molar-refractivity contribution in [1.29, 1.82) is 0 Å². The van der Waals surface area contributed by atoms with Crippen molar-refractivity contribution >= 4 is 34.2 Å². The van der Waals surface area contributed by atoms with E-state index in [0.29, 0.717) is 22.1 Å². The van der Waals surface area contributed by atoms with Gasteiger partial charge in [0, 0.05) is 21.7 Å². The summed E-state index contributed by atoms with van der Waals surface area (Å²) in [5, 5.41) is 4.28. The summed E-state index contributed by atoms with van der Waals surface area (Å²) < 4.78 is 0. The van der Waals surface area contributed by atoms with E-state index in [1.54, 1.807) is 6.07 Å². The zero-order valence-electron chi connectivity index (χ0n) is 15.5. The second kappa shape index (κ2) is 7.41. The lowest BCUT2D eigenvalue weighted by Gasteiger charge is -2.12. The lowest BCUT2D eigenvalue weighted by molar-refractivity contribution is 0.102. The maximum atomic E-state index is 13.1. The van der Waals surface area contributed by atoms with Gasteiger partial charge >= 0.3 is 0 Å². The summed E-state index contributed by atoms with van der Waals surface area (Å²) in [6.45, 7) is 3.88. The number of fused-ring (bicyclic) bond motifs is 1. The average Bonchev–Trinajstić information content (AvgIpc) is 2.66. The van der Waals surface area contributed by atoms with E-state index in [2.05, 4.69) is 10.3 Å². The maximum absolute atomic E-state index is 13.1. The number of hydrogen-bond acceptors (Lipinski definition) is 3. The van der Waals surface area contributed by atoms with E-state index in [0.717, 1.165) is 27.7 Å². The SMILES string of the molecule is Cc1cc(C)nc(NC(=O)c2cc(-c3ccccc3Cl)nc3ccccc23)c1. The monoisotopic (exact) mass is 387 g/mol. The van der Waals surface area contributed by atoms with Gasteiger partial charge in [0.05, 0.1) is 16.8 Å². The molecule has 0 saturated carbocycles. The number of halogens is 1. The van der Waals surface area contributed by atoms with Crippen molar-refractivity contribution in [1.82, 2.24) is 9.97 Å². The summed E-state index contributed by atoms with van der Waals surface area (Å²) in [5.74, 6) is 0.298.